The predicted molar refractivity (Wildman–Crippen MR) is 51.4 cm³/mol. The average molecular weight is 247 g/mol. The summed E-state index contributed by atoms with van der Waals surface area (Å²) < 4.78 is 33.4. The van der Waals surface area contributed by atoms with Crippen LogP contribution >= 0.6 is 11.6 Å². The highest BCUT2D eigenvalue weighted by Crippen LogP contribution is 2.30. The minimum Gasteiger partial charge on any atom is -0.434 e. The summed E-state index contributed by atoms with van der Waals surface area (Å²) in [6, 6.07) is 6.08. The van der Waals surface area contributed by atoms with Gasteiger partial charge in [-0.1, -0.05) is 17.2 Å². The number of benzene rings is 1. The molecule has 0 atom stereocenters. The quantitative estimate of drug-likeness (QED) is 0.835. The Labute approximate surface area is 93.8 Å². The monoisotopic (exact) mass is 246 g/mol. The van der Waals surface area contributed by atoms with Crippen molar-refractivity contribution >= 4 is 11.6 Å². The first kappa shape index (κ1) is 10.8. The minimum absolute atomic E-state index is 0.0289. The Morgan fingerprint density at radius 1 is 1.25 bits per heavy atom. The van der Waals surface area contributed by atoms with E-state index in [9.17, 15) is 8.78 Å². The number of ether oxygens (including phenoxy) is 1. The van der Waals surface area contributed by atoms with Gasteiger partial charge in [0.1, 0.15) is 5.75 Å². The molecule has 84 valence electrons. The zero-order valence-corrected chi connectivity index (χ0v) is 8.49. The van der Waals surface area contributed by atoms with Crippen molar-refractivity contribution in [3.63, 3.8) is 0 Å². The van der Waals surface area contributed by atoms with Gasteiger partial charge in [0.2, 0.25) is 0 Å². The highest BCUT2D eigenvalue weighted by Gasteiger charge is 2.15. The standard InChI is InChI=1S/C9H5ClF2N2O2/c10-8-14-13-7(16-8)5-3-1-2-4-6(5)15-9(11)12/h1-4,9H. The van der Waals surface area contributed by atoms with E-state index in [4.69, 9.17) is 16.0 Å². The maximum atomic E-state index is 12.1. The van der Waals surface area contributed by atoms with Crippen molar-refractivity contribution in [2.45, 2.75) is 6.61 Å². The molecule has 1 heterocycles. The van der Waals surface area contributed by atoms with Crippen LogP contribution in [-0.4, -0.2) is 16.8 Å². The first-order valence-corrected chi connectivity index (χ1v) is 4.58. The zero-order valence-electron chi connectivity index (χ0n) is 7.73. The molecule has 0 aliphatic heterocycles. The third-order valence-electron chi connectivity index (χ3n) is 1.73. The summed E-state index contributed by atoms with van der Waals surface area (Å²) in [6.07, 6.45) is 0. The molecule has 1 aromatic carbocycles. The fourth-order valence-corrected chi connectivity index (χ4v) is 1.27. The summed E-state index contributed by atoms with van der Waals surface area (Å²) in [4.78, 5) is 0. The third kappa shape index (κ3) is 2.27. The van der Waals surface area contributed by atoms with E-state index in [0.29, 0.717) is 0 Å². The van der Waals surface area contributed by atoms with E-state index < -0.39 is 6.61 Å². The van der Waals surface area contributed by atoms with Gasteiger partial charge >= 0.3 is 12.0 Å². The highest BCUT2D eigenvalue weighted by atomic mass is 35.5. The molecule has 2 rings (SSSR count). The van der Waals surface area contributed by atoms with Crippen molar-refractivity contribution in [1.82, 2.24) is 10.2 Å². The SMILES string of the molecule is FC(F)Oc1ccccc1-c1nnc(Cl)o1. The molecule has 0 amide bonds. The highest BCUT2D eigenvalue weighted by molar-refractivity contribution is 6.27. The molecular weight excluding hydrogens is 242 g/mol. The van der Waals surface area contributed by atoms with Gasteiger partial charge in [-0.05, 0) is 23.7 Å². The molecule has 0 saturated carbocycles. The van der Waals surface area contributed by atoms with Crippen LogP contribution in [0.4, 0.5) is 8.78 Å². The van der Waals surface area contributed by atoms with Crippen LogP contribution in [0.3, 0.4) is 0 Å². The average Bonchev–Trinajstić information content (AvgIpc) is 2.65. The van der Waals surface area contributed by atoms with E-state index >= 15 is 0 Å². The Morgan fingerprint density at radius 2 is 2.00 bits per heavy atom. The molecule has 0 aliphatic rings. The number of rotatable bonds is 3. The van der Waals surface area contributed by atoms with Crippen LogP contribution in [0, 0.1) is 0 Å². The number of hydrogen-bond donors (Lipinski definition) is 0. The lowest BCUT2D eigenvalue weighted by Gasteiger charge is -2.06. The maximum Gasteiger partial charge on any atom is 0.387 e. The molecule has 0 N–H and O–H groups in total. The van der Waals surface area contributed by atoms with Crippen LogP contribution in [0.25, 0.3) is 11.5 Å². The first-order valence-electron chi connectivity index (χ1n) is 4.20. The molecule has 0 aliphatic carbocycles. The Balaban J connectivity index is 2.40. The fourth-order valence-electron chi connectivity index (χ4n) is 1.16. The van der Waals surface area contributed by atoms with Gasteiger partial charge in [-0.15, -0.1) is 5.10 Å². The predicted octanol–water partition coefficient (Wildman–Crippen LogP) is 2.99. The Bertz CT molecular complexity index is 490. The smallest absolute Gasteiger partial charge is 0.387 e. The summed E-state index contributed by atoms with van der Waals surface area (Å²) in [5.74, 6) is -0.0148. The van der Waals surface area contributed by atoms with Crippen LogP contribution in [0.2, 0.25) is 5.35 Å². The van der Waals surface area contributed by atoms with Gasteiger partial charge < -0.3 is 9.15 Å². The van der Waals surface area contributed by atoms with Crippen LogP contribution in [-0.2, 0) is 0 Å². The lowest BCUT2D eigenvalue weighted by atomic mass is 10.2. The molecule has 0 spiro atoms. The van der Waals surface area contributed by atoms with Crippen molar-refractivity contribution in [3.05, 3.63) is 29.6 Å². The zero-order chi connectivity index (χ0) is 11.5. The number of hydrogen-bond acceptors (Lipinski definition) is 4. The van der Waals surface area contributed by atoms with Gasteiger partial charge in [0, 0.05) is 0 Å². The second-order valence-electron chi connectivity index (χ2n) is 2.73. The second kappa shape index (κ2) is 4.44. The van der Waals surface area contributed by atoms with Crippen molar-refractivity contribution in [2.24, 2.45) is 0 Å². The topological polar surface area (TPSA) is 48.2 Å². The first-order chi connectivity index (χ1) is 7.66. The van der Waals surface area contributed by atoms with Crippen molar-refractivity contribution in [2.75, 3.05) is 0 Å². The van der Waals surface area contributed by atoms with E-state index in [1.165, 1.54) is 12.1 Å². The van der Waals surface area contributed by atoms with Crippen LogP contribution < -0.4 is 4.74 Å². The van der Waals surface area contributed by atoms with Gasteiger partial charge in [0.25, 0.3) is 5.89 Å². The summed E-state index contributed by atoms with van der Waals surface area (Å²) in [7, 11) is 0. The number of nitrogens with zero attached hydrogens (tertiary/aromatic N) is 2. The summed E-state index contributed by atoms with van der Waals surface area (Å²) in [5, 5.41) is 6.83. The molecule has 0 unspecified atom stereocenters. The lowest BCUT2D eigenvalue weighted by Crippen LogP contribution is -2.03. The van der Waals surface area contributed by atoms with Crippen LogP contribution in [0.5, 0.6) is 5.75 Å². The maximum absolute atomic E-state index is 12.1. The van der Waals surface area contributed by atoms with E-state index in [2.05, 4.69) is 14.9 Å². The largest absolute Gasteiger partial charge is 0.434 e. The molecule has 4 nitrogen and oxygen atoms in total. The van der Waals surface area contributed by atoms with Crippen LogP contribution in [0.1, 0.15) is 0 Å². The Hall–Kier alpha value is -1.69. The van der Waals surface area contributed by atoms with Gasteiger partial charge in [-0.3, -0.25) is 0 Å². The van der Waals surface area contributed by atoms with Crippen molar-refractivity contribution in [3.8, 4) is 17.2 Å². The molecule has 0 saturated heterocycles. The number of alkyl halides is 2. The van der Waals surface area contributed by atoms with Gasteiger partial charge in [-0.2, -0.15) is 8.78 Å². The summed E-state index contributed by atoms with van der Waals surface area (Å²) in [6.45, 7) is -2.92. The Kier molecular flexibility index (Phi) is 3.00. The van der Waals surface area contributed by atoms with E-state index in [1.807, 2.05) is 0 Å². The molecule has 1 aromatic heterocycles. The molecule has 0 fully saturated rings. The number of halogens is 3. The van der Waals surface area contributed by atoms with Gasteiger partial charge in [0.15, 0.2) is 0 Å². The molecule has 7 heteroatoms. The second-order valence-corrected chi connectivity index (χ2v) is 3.06. The molecule has 16 heavy (non-hydrogen) atoms. The van der Waals surface area contributed by atoms with Crippen molar-refractivity contribution < 1.29 is 17.9 Å². The van der Waals surface area contributed by atoms with Gasteiger partial charge in [-0.25, -0.2) is 0 Å². The van der Waals surface area contributed by atoms with Crippen LogP contribution in [0.15, 0.2) is 28.7 Å². The minimum atomic E-state index is -2.92. The number of aromatic nitrogens is 2. The fraction of sp³-hybridized carbons (Fsp3) is 0.111. The normalized spacial score (nSPS) is 10.8. The summed E-state index contributed by atoms with van der Waals surface area (Å²) >= 11 is 5.44. The molecule has 0 bridgehead atoms. The number of para-hydroxylation sites is 1. The molecular formula is C9H5ClF2N2O2. The van der Waals surface area contributed by atoms with Crippen molar-refractivity contribution in [1.29, 1.82) is 0 Å². The van der Waals surface area contributed by atoms with E-state index in [0.717, 1.165) is 0 Å². The third-order valence-corrected chi connectivity index (χ3v) is 1.89. The van der Waals surface area contributed by atoms with E-state index in [1.54, 1.807) is 12.1 Å². The summed E-state index contributed by atoms with van der Waals surface area (Å²) in [5.41, 5.74) is 0.266. The lowest BCUT2D eigenvalue weighted by molar-refractivity contribution is -0.0495. The Morgan fingerprint density at radius 3 is 2.62 bits per heavy atom. The van der Waals surface area contributed by atoms with E-state index in [-0.39, 0.29) is 22.6 Å². The molecule has 2 aromatic rings. The van der Waals surface area contributed by atoms with Gasteiger partial charge in [0.05, 0.1) is 5.56 Å². The molecule has 0 radical (unpaired) electrons.